The summed E-state index contributed by atoms with van der Waals surface area (Å²) in [5.74, 6) is -0.923. The Balaban J connectivity index is 1.90. The lowest BCUT2D eigenvalue weighted by Gasteiger charge is -2.32. The third-order valence-corrected chi connectivity index (χ3v) is 3.80. The number of rotatable bonds is 3. The first-order valence-corrected chi connectivity index (χ1v) is 6.74. The van der Waals surface area contributed by atoms with Crippen molar-refractivity contribution in [2.24, 2.45) is 0 Å². The number of fused-ring (bicyclic) bond motifs is 1. The van der Waals surface area contributed by atoms with Crippen molar-refractivity contribution in [2.45, 2.75) is 6.54 Å². The van der Waals surface area contributed by atoms with Gasteiger partial charge in [-0.1, -0.05) is 6.07 Å². The van der Waals surface area contributed by atoms with Gasteiger partial charge >= 0.3 is 5.97 Å². The maximum absolute atomic E-state index is 11.3. The quantitative estimate of drug-likeness (QED) is 0.896. The molecule has 1 aliphatic rings. The maximum atomic E-state index is 11.3. The molecule has 106 valence electrons. The monoisotopic (exact) mass is 274 g/mol. The van der Waals surface area contributed by atoms with Crippen molar-refractivity contribution < 1.29 is 9.90 Å². The number of imidazole rings is 1. The third-order valence-electron chi connectivity index (χ3n) is 3.80. The largest absolute Gasteiger partial charge is 0.477 e. The number of pyridine rings is 1. The average Bonchev–Trinajstić information content (AvgIpc) is 2.84. The van der Waals surface area contributed by atoms with E-state index in [1.807, 2.05) is 6.07 Å². The molecule has 1 fully saturated rings. The van der Waals surface area contributed by atoms with Gasteiger partial charge in [0.05, 0.1) is 11.9 Å². The Morgan fingerprint density at radius 1 is 1.30 bits per heavy atom. The van der Waals surface area contributed by atoms with E-state index in [1.54, 1.807) is 22.7 Å². The zero-order chi connectivity index (χ0) is 14.1. The van der Waals surface area contributed by atoms with E-state index >= 15 is 0 Å². The molecule has 0 atom stereocenters. The van der Waals surface area contributed by atoms with Crippen molar-refractivity contribution in [3.8, 4) is 0 Å². The smallest absolute Gasteiger partial charge is 0.352 e. The minimum Gasteiger partial charge on any atom is -0.477 e. The first-order valence-electron chi connectivity index (χ1n) is 6.74. The number of carboxylic acid groups (broad SMARTS) is 1. The van der Waals surface area contributed by atoms with E-state index in [-0.39, 0.29) is 5.69 Å². The number of piperazine rings is 1. The fourth-order valence-electron chi connectivity index (χ4n) is 2.61. The molecule has 3 heterocycles. The molecule has 2 aromatic heterocycles. The summed E-state index contributed by atoms with van der Waals surface area (Å²) in [5, 5.41) is 9.30. The maximum Gasteiger partial charge on any atom is 0.352 e. The second-order valence-electron chi connectivity index (χ2n) is 5.24. The molecule has 6 heteroatoms. The molecule has 0 amide bonds. The molecule has 1 saturated heterocycles. The zero-order valence-corrected chi connectivity index (χ0v) is 11.5. The lowest BCUT2D eigenvalue weighted by atomic mass is 10.3. The molecule has 0 saturated carbocycles. The molecular weight excluding hydrogens is 256 g/mol. The third kappa shape index (κ3) is 2.39. The van der Waals surface area contributed by atoms with Crippen LogP contribution in [0.1, 0.15) is 16.2 Å². The Hall–Kier alpha value is -1.92. The summed E-state index contributed by atoms with van der Waals surface area (Å²) in [5.41, 5.74) is 1.89. The van der Waals surface area contributed by atoms with E-state index in [1.165, 1.54) is 0 Å². The van der Waals surface area contributed by atoms with Gasteiger partial charge < -0.3 is 10.0 Å². The van der Waals surface area contributed by atoms with Gasteiger partial charge in [0.25, 0.3) is 0 Å². The second-order valence-corrected chi connectivity index (χ2v) is 5.24. The average molecular weight is 274 g/mol. The summed E-state index contributed by atoms with van der Waals surface area (Å²) in [6, 6.07) is 5.18. The highest BCUT2D eigenvalue weighted by molar-refractivity contribution is 5.86. The molecule has 0 unspecified atom stereocenters. The fraction of sp³-hybridized carbons (Fsp3) is 0.429. The van der Waals surface area contributed by atoms with E-state index in [9.17, 15) is 9.90 Å². The van der Waals surface area contributed by atoms with Crippen molar-refractivity contribution in [3.05, 3.63) is 35.8 Å². The van der Waals surface area contributed by atoms with Crippen LogP contribution in [0.15, 0.2) is 24.4 Å². The fourth-order valence-corrected chi connectivity index (χ4v) is 2.61. The number of aromatic carboxylic acids is 1. The summed E-state index contributed by atoms with van der Waals surface area (Å²) < 4.78 is 1.74. The Labute approximate surface area is 117 Å². The van der Waals surface area contributed by atoms with Crippen LogP contribution in [-0.4, -0.2) is 63.5 Å². The number of aromatic nitrogens is 2. The van der Waals surface area contributed by atoms with Gasteiger partial charge in [0.15, 0.2) is 0 Å². The van der Waals surface area contributed by atoms with Crippen LogP contribution >= 0.6 is 0 Å². The Bertz CT molecular complexity index is 629. The van der Waals surface area contributed by atoms with E-state index in [0.717, 1.165) is 38.4 Å². The van der Waals surface area contributed by atoms with Gasteiger partial charge in [0.2, 0.25) is 0 Å². The van der Waals surface area contributed by atoms with Crippen LogP contribution in [0.25, 0.3) is 5.65 Å². The van der Waals surface area contributed by atoms with E-state index in [4.69, 9.17) is 0 Å². The summed E-state index contributed by atoms with van der Waals surface area (Å²) >= 11 is 0. The summed E-state index contributed by atoms with van der Waals surface area (Å²) in [6.07, 6.45) is 1.78. The molecule has 0 spiro atoms. The molecule has 2 aromatic rings. The SMILES string of the molecule is CN1CCN(Cc2cnc3cccc(C(=O)O)n23)CC1. The summed E-state index contributed by atoms with van der Waals surface area (Å²) in [7, 11) is 2.12. The molecule has 0 aromatic carbocycles. The van der Waals surface area contributed by atoms with Crippen LogP contribution in [0, 0.1) is 0 Å². The molecular formula is C14H18N4O2. The highest BCUT2D eigenvalue weighted by atomic mass is 16.4. The molecule has 1 aliphatic heterocycles. The number of carbonyl (C=O) groups is 1. The van der Waals surface area contributed by atoms with Crippen LogP contribution in [0.2, 0.25) is 0 Å². The van der Waals surface area contributed by atoms with Crippen LogP contribution in [-0.2, 0) is 6.54 Å². The van der Waals surface area contributed by atoms with E-state index in [0.29, 0.717) is 5.65 Å². The van der Waals surface area contributed by atoms with Gasteiger partial charge in [-0.05, 0) is 19.2 Å². The second kappa shape index (κ2) is 5.22. The minimum absolute atomic E-state index is 0.268. The Morgan fingerprint density at radius 3 is 2.75 bits per heavy atom. The highest BCUT2D eigenvalue weighted by Gasteiger charge is 2.18. The molecule has 0 aliphatic carbocycles. The van der Waals surface area contributed by atoms with Crippen LogP contribution < -0.4 is 0 Å². The predicted molar refractivity (Wildman–Crippen MR) is 74.9 cm³/mol. The molecule has 1 N–H and O–H groups in total. The standard InChI is InChI=1S/C14H18N4O2/c1-16-5-7-17(8-6-16)10-11-9-15-13-4-2-3-12(14(19)20)18(11)13/h2-4,9H,5-8,10H2,1H3,(H,19,20). The molecule has 20 heavy (non-hydrogen) atoms. The molecule has 0 radical (unpaired) electrons. The molecule has 0 bridgehead atoms. The Kier molecular flexibility index (Phi) is 3.42. The number of nitrogens with zero attached hydrogens (tertiary/aromatic N) is 4. The van der Waals surface area contributed by atoms with Gasteiger partial charge in [0, 0.05) is 32.7 Å². The van der Waals surface area contributed by atoms with Gasteiger partial charge in [-0.25, -0.2) is 9.78 Å². The van der Waals surface area contributed by atoms with Gasteiger partial charge in [-0.15, -0.1) is 0 Å². The van der Waals surface area contributed by atoms with Crippen LogP contribution in [0.5, 0.6) is 0 Å². The normalized spacial score (nSPS) is 17.6. The lowest BCUT2D eigenvalue weighted by molar-refractivity contribution is 0.0688. The molecule has 6 nitrogen and oxygen atoms in total. The van der Waals surface area contributed by atoms with E-state index in [2.05, 4.69) is 21.8 Å². The zero-order valence-electron chi connectivity index (χ0n) is 11.5. The van der Waals surface area contributed by atoms with Crippen molar-refractivity contribution in [1.82, 2.24) is 19.2 Å². The summed E-state index contributed by atoms with van der Waals surface area (Å²) in [4.78, 5) is 20.3. The predicted octanol–water partition coefficient (Wildman–Crippen LogP) is 0.780. The van der Waals surface area contributed by atoms with Crippen LogP contribution in [0.3, 0.4) is 0 Å². The first kappa shape index (κ1) is 13.1. The van der Waals surface area contributed by atoms with Crippen molar-refractivity contribution in [3.63, 3.8) is 0 Å². The number of carboxylic acids is 1. The lowest BCUT2D eigenvalue weighted by Crippen LogP contribution is -2.44. The van der Waals surface area contributed by atoms with Gasteiger partial charge in [-0.2, -0.15) is 0 Å². The number of likely N-dealkylation sites (N-methyl/N-ethyl adjacent to an activating group) is 1. The number of hydrogen-bond acceptors (Lipinski definition) is 4. The highest BCUT2D eigenvalue weighted by Crippen LogP contribution is 2.14. The first-order chi connectivity index (χ1) is 9.65. The van der Waals surface area contributed by atoms with Crippen molar-refractivity contribution >= 4 is 11.6 Å². The summed E-state index contributed by atoms with van der Waals surface area (Å²) in [6.45, 7) is 4.82. The minimum atomic E-state index is -0.923. The van der Waals surface area contributed by atoms with Gasteiger partial charge in [0.1, 0.15) is 11.3 Å². The van der Waals surface area contributed by atoms with Crippen molar-refractivity contribution in [1.29, 1.82) is 0 Å². The molecule has 3 rings (SSSR count). The van der Waals surface area contributed by atoms with Gasteiger partial charge in [-0.3, -0.25) is 9.30 Å². The number of hydrogen-bond donors (Lipinski definition) is 1. The van der Waals surface area contributed by atoms with Crippen molar-refractivity contribution in [2.75, 3.05) is 33.2 Å². The Morgan fingerprint density at radius 2 is 2.05 bits per heavy atom. The topological polar surface area (TPSA) is 61.1 Å². The van der Waals surface area contributed by atoms with E-state index < -0.39 is 5.97 Å². The van der Waals surface area contributed by atoms with Crippen LogP contribution in [0.4, 0.5) is 0 Å².